The summed E-state index contributed by atoms with van der Waals surface area (Å²) in [6.07, 6.45) is 0. The summed E-state index contributed by atoms with van der Waals surface area (Å²) in [5.41, 5.74) is 0.747. The van der Waals surface area contributed by atoms with Gasteiger partial charge in [0.2, 0.25) is 11.8 Å². The molecular formula is C16H22BrN3O2. The molecule has 1 aliphatic heterocycles. The van der Waals surface area contributed by atoms with Crippen molar-refractivity contribution in [3.8, 4) is 0 Å². The normalized spacial score (nSPS) is 15.7. The molecule has 0 radical (unpaired) electrons. The topological polar surface area (TPSA) is 43.9 Å². The lowest BCUT2D eigenvalue weighted by atomic mass is 10.2. The van der Waals surface area contributed by atoms with E-state index in [1.165, 1.54) is 11.8 Å². The average molecular weight is 368 g/mol. The number of benzene rings is 1. The van der Waals surface area contributed by atoms with E-state index in [1.807, 2.05) is 29.2 Å². The van der Waals surface area contributed by atoms with E-state index in [-0.39, 0.29) is 18.4 Å². The number of piperazine rings is 1. The maximum absolute atomic E-state index is 12.5. The third-order valence-corrected chi connectivity index (χ3v) is 4.51. The summed E-state index contributed by atoms with van der Waals surface area (Å²) in [7, 11) is 0. The fourth-order valence-electron chi connectivity index (χ4n) is 2.55. The Hall–Kier alpha value is -1.40. The Morgan fingerprint density at radius 2 is 1.73 bits per heavy atom. The van der Waals surface area contributed by atoms with Crippen LogP contribution >= 0.6 is 15.9 Å². The number of hydrogen-bond acceptors (Lipinski definition) is 3. The molecule has 1 aromatic rings. The first-order valence-electron chi connectivity index (χ1n) is 7.55. The van der Waals surface area contributed by atoms with Gasteiger partial charge in [-0.1, -0.05) is 22.9 Å². The molecule has 120 valence electrons. The molecule has 0 N–H and O–H groups in total. The molecule has 0 aliphatic carbocycles. The molecule has 1 aromatic carbocycles. The Bertz CT molecular complexity index is 525. The quantitative estimate of drug-likeness (QED) is 0.816. The Morgan fingerprint density at radius 1 is 1.14 bits per heavy atom. The van der Waals surface area contributed by atoms with Crippen molar-refractivity contribution < 1.29 is 9.59 Å². The van der Waals surface area contributed by atoms with Gasteiger partial charge in [-0.15, -0.1) is 0 Å². The van der Waals surface area contributed by atoms with Crippen molar-refractivity contribution in [2.75, 3.05) is 44.2 Å². The maximum atomic E-state index is 12.5. The van der Waals surface area contributed by atoms with Crippen LogP contribution in [-0.2, 0) is 9.59 Å². The fourth-order valence-corrected chi connectivity index (χ4v) is 2.82. The van der Waals surface area contributed by atoms with Gasteiger partial charge in [-0.2, -0.15) is 0 Å². The predicted molar refractivity (Wildman–Crippen MR) is 90.9 cm³/mol. The minimum absolute atomic E-state index is 0.00821. The average Bonchev–Trinajstić information content (AvgIpc) is 2.53. The van der Waals surface area contributed by atoms with E-state index in [0.717, 1.165) is 42.9 Å². The van der Waals surface area contributed by atoms with Crippen LogP contribution < -0.4 is 4.90 Å². The van der Waals surface area contributed by atoms with Crippen LogP contribution in [0, 0.1) is 0 Å². The molecule has 0 atom stereocenters. The van der Waals surface area contributed by atoms with Crippen LogP contribution in [0.2, 0.25) is 0 Å². The number of halogens is 1. The van der Waals surface area contributed by atoms with Gasteiger partial charge in [-0.3, -0.25) is 9.59 Å². The van der Waals surface area contributed by atoms with Crippen LogP contribution in [0.25, 0.3) is 0 Å². The van der Waals surface area contributed by atoms with Crippen molar-refractivity contribution >= 4 is 33.4 Å². The molecule has 2 amide bonds. The second kappa shape index (κ2) is 7.74. The molecule has 0 bridgehead atoms. The SMILES string of the molecule is CCN1CCN(C(=O)CN(C(C)=O)c2ccc(Br)cc2)CC1. The number of carbonyl (C=O) groups is 2. The van der Waals surface area contributed by atoms with Crippen LogP contribution in [-0.4, -0.2) is 60.9 Å². The van der Waals surface area contributed by atoms with Crippen LogP contribution in [0.1, 0.15) is 13.8 Å². The van der Waals surface area contributed by atoms with Crippen molar-refractivity contribution in [3.05, 3.63) is 28.7 Å². The molecule has 5 nitrogen and oxygen atoms in total. The van der Waals surface area contributed by atoms with Crippen LogP contribution in [0.15, 0.2) is 28.7 Å². The molecule has 1 aliphatic rings. The van der Waals surface area contributed by atoms with Crippen LogP contribution in [0.3, 0.4) is 0 Å². The van der Waals surface area contributed by atoms with Gasteiger partial charge >= 0.3 is 0 Å². The number of rotatable bonds is 4. The number of hydrogen-bond donors (Lipinski definition) is 0. The third kappa shape index (κ3) is 4.30. The summed E-state index contributed by atoms with van der Waals surface area (Å²) in [6, 6.07) is 7.42. The number of carbonyl (C=O) groups excluding carboxylic acids is 2. The smallest absolute Gasteiger partial charge is 0.242 e. The number of amides is 2. The van der Waals surface area contributed by atoms with Crippen molar-refractivity contribution in [1.82, 2.24) is 9.80 Å². The van der Waals surface area contributed by atoms with E-state index in [2.05, 4.69) is 27.8 Å². The zero-order valence-electron chi connectivity index (χ0n) is 13.1. The van der Waals surface area contributed by atoms with E-state index in [0.29, 0.717) is 0 Å². The Kier molecular flexibility index (Phi) is 5.97. The van der Waals surface area contributed by atoms with Gasteiger partial charge in [-0.25, -0.2) is 0 Å². The molecule has 22 heavy (non-hydrogen) atoms. The van der Waals surface area contributed by atoms with Crippen LogP contribution in [0.4, 0.5) is 5.69 Å². The van der Waals surface area contributed by atoms with E-state index >= 15 is 0 Å². The van der Waals surface area contributed by atoms with Gasteiger partial charge in [0.15, 0.2) is 0 Å². The van der Waals surface area contributed by atoms with Gasteiger partial charge in [0.05, 0.1) is 0 Å². The zero-order chi connectivity index (χ0) is 16.1. The lowest BCUT2D eigenvalue weighted by molar-refractivity contribution is -0.132. The summed E-state index contributed by atoms with van der Waals surface area (Å²) >= 11 is 3.37. The van der Waals surface area contributed by atoms with Crippen LogP contribution in [0.5, 0.6) is 0 Å². The highest BCUT2D eigenvalue weighted by molar-refractivity contribution is 9.10. The Morgan fingerprint density at radius 3 is 2.23 bits per heavy atom. The van der Waals surface area contributed by atoms with Crippen molar-refractivity contribution in [2.24, 2.45) is 0 Å². The summed E-state index contributed by atoms with van der Waals surface area (Å²) in [5, 5.41) is 0. The summed E-state index contributed by atoms with van der Waals surface area (Å²) in [6.45, 7) is 8.01. The molecule has 0 unspecified atom stereocenters. The van der Waals surface area contributed by atoms with Crippen molar-refractivity contribution in [2.45, 2.75) is 13.8 Å². The van der Waals surface area contributed by atoms with Gasteiger partial charge in [-0.05, 0) is 30.8 Å². The van der Waals surface area contributed by atoms with E-state index in [1.54, 1.807) is 0 Å². The summed E-state index contributed by atoms with van der Waals surface area (Å²) in [4.78, 5) is 30.0. The predicted octanol–water partition coefficient (Wildman–Crippen LogP) is 1.97. The molecule has 0 aromatic heterocycles. The molecular weight excluding hydrogens is 346 g/mol. The van der Waals surface area contributed by atoms with Gasteiger partial charge in [0, 0.05) is 43.3 Å². The highest BCUT2D eigenvalue weighted by Crippen LogP contribution is 2.19. The first-order valence-corrected chi connectivity index (χ1v) is 8.34. The molecule has 1 fully saturated rings. The highest BCUT2D eigenvalue weighted by atomic mass is 79.9. The first-order chi connectivity index (χ1) is 10.5. The molecule has 6 heteroatoms. The minimum atomic E-state index is -0.122. The van der Waals surface area contributed by atoms with Crippen molar-refractivity contribution in [3.63, 3.8) is 0 Å². The lowest BCUT2D eigenvalue weighted by Crippen LogP contribution is -2.51. The van der Waals surface area contributed by atoms with E-state index in [4.69, 9.17) is 0 Å². The fraction of sp³-hybridized carbons (Fsp3) is 0.500. The third-order valence-electron chi connectivity index (χ3n) is 3.98. The summed E-state index contributed by atoms with van der Waals surface area (Å²) in [5.74, 6) is -0.114. The second-order valence-electron chi connectivity index (χ2n) is 5.40. The molecule has 0 spiro atoms. The van der Waals surface area contributed by atoms with Gasteiger partial charge in [0.1, 0.15) is 6.54 Å². The number of likely N-dealkylation sites (N-methyl/N-ethyl adjacent to an activating group) is 1. The minimum Gasteiger partial charge on any atom is -0.339 e. The largest absolute Gasteiger partial charge is 0.339 e. The molecule has 0 saturated carbocycles. The van der Waals surface area contributed by atoms with E-state index < -0.39 is 0 Å². The first kappa shape index (κ1) is 17.0. The van der Waals surface area contributed by atoms with Crippen molar-refractivity contribution in [1.29, 1.82) is 0 Å². The molecule has 1 heterocycles. The standard InChI is InChI=1S/C16H22BrN3O2/c1-3-18-8-10-19(11-9-18)16(22)12-20(13(2)21)15-6-4-14(17)5-7-15/h4-7H,3,8-12H2,1-2H3. The summed E-state index contributed by atoms with van der Waals surface area (Å²) < 4.78 is 0.946. The molecule has 2 rings (SSSR count). The Balaban J connectivity index is 2.01. The van der Waals surface area contributed by atoms with Gasteiger partial charge < -0.3 is 14.7 Å². The lowest BCUT2D eigenvalue weighted by Gasteiger charge is -2.35. The number of anilines is 1. The monoisotopic (exact) mass is 367 g/mol. The van der Waals surface area contributed by atoms with Gasteiger partial charge in [0.25, 0.3) is 0 Å². The van der Waals surface area contributed by atoms with E-state index in [9.17, 15) is 9.59 Å². The molecule has 1 saturated heterocycles. The second-order valence-corrected chi connectivity index (χ2v) is 6.31. The highest BCUT2D eigenvalue weighted by Gasteiger charge is 2.23. The maximum Gasteiger partial charge on any atom is 0.242 e. The number of nitrogens with zero attached hydrogens (tertiary/aromatic N) is 3. The Labute approximate surface area is 140 Å². The zero-order valence-corrected chi connectivity index (χ0v) is 14.7.